The Labute approximate surface area is 161 Å². The maximum atomic E-state index is 12.8. The van der Waals surface area contributed by atoms with Crippen LogP contribution in [0.15, 0.2) is 76.8 Å². The van der Waals surface area contributed by atoms with Gasteiger partial charge in [-0.2, -0.15) is 0 Å². The zero-order chi connectivity index (χ0) is 19.2. The van der Waals surface area contributed by atoms with E-state index in [-0.39, 0.29) is 5.91 Å². The summed E-state index contributed by atoms with van der Waals surface area (Å²) in [5.41, 5.74) is 2.33. The monoisotopic (exact) mass is 378 g/mol. The van der Waals surface area contributed by atoms with Crippen molar-refractivity contribution in [1.82, 2.24) is 4.98 Å². The molecule has 0 aliphatic rings. The highest BCUT2D eigenvalue weighted by Gasteiger charge is 2.15. The Hall–Kier alpha value is -3.12. The number of esters is 1. The highest BCUT2D eigenvalue weighted by molar-refractivity contribution is 7.99. The number of amides is 1. The first kappa shape index (κ1) is 18.7. The van der Waals surface area contributed by atoms with Gasteiger partial charge in [-0.25, -0.2) is 9.78 Å². The number of nitrogens with zero attached hydrogens (tertiary/aromatic N) is 1. The number of methoxy groups -OCH3 is 1. The van der Waals surface area contributed by atoms with Crippen LogP contribution in [0.4, 0.5) is 5.69 Å². The molecule has 136 valence electrons. The van der Waals surface area contributed by atoms with E-state index >= 15 is 0 Å². The van der Waals surface area contributed by atoms with Gasteiger partial charge in [0.05, 0.1) is 18.2 Å². The third-order valence-electron chi connectivity index (χ3n) is 3.87. The molecule has 27 heavy (non-hydrogen) atoms. The molecule has 0 spiro atoms. The van der Waals surface area contributed by atoms with Crippen molar-refractivity contribution < 1.29 is 14.3 Å². The smallest absolute Gasteiger partial charge is 0.337 e. The van der Waals surface area contributed by atoms with Crippen LogP contribution in [0.2, 0.25) is 0 Å². The van der Waals surface area contributed by atoms with Crippen LogP contribution in [0.3, 0.4) is 0 Å². The van der Waals surface area contributed by atoms with Gasteiger partial charge < -0.3 is 10.1 Å². The molecule has 6 heteroatoms. The van der Waals surface area contributed by atoms with Gasteiger partial charge in [0.25, 0.3) is 5.91 Å². The highest BCUT2D eigenvalue weighted by atomic mass is 32.2. The first-order chi connectivity index (χ1) is 13.1. The van der Waals surface area contributed by atoms with E-state index in [4.69, 9.17) is 4.74 Å². The fraction of sp³-hybridized carbons (Fsp3) is 0.0952. The number of hydrogen-bond acceptors (Lipinski definition) is 5. The maximum absolute atomic E-state index is 12.8. The van der Waals surface area contributed by atoms with E-state index in [1.54, 1.807) is 36.5 Å². The lowest BCUT2D eigenvalue weighted by molar-refractivity contribution is 0.0600. The lowest BCUT2D eigenvalue weighted by Gasteiger charge is -2.12. The molecule has 0 saturated heterocycles. The third-order valence-corrected chi connectivity index (χ3v) is 4.90. The molecule has 0 atom stereocenters. The summed E-state index contributed by atoms with van der Waals surface area (Å²) < 4.78 is 4.72. The fourth-order valence-corrected chi connectivity index (χ4v) is 3.38. The second kappa shape index (κ2) is 8.51. The number of nitrogens with one attached hydrogen (secondary N) is 1. The average molecular weight is 378 g/mol. The van der Waals surface area contributed by atoms with Gasteiger partial charge in [-0.3, -0.25) is 4.79 Å². The summed E-state index contributed by atoms with van der Waals surface area (Å²) in [6.07, 6.45) is 1.67. The van der Waals surface area contributed by atoms with Crippen LogP contribution in [0.5, 0.6) is 0 Å². The number of carbonyl (C=O) groups is 2. The molecule has 0 aliphatic heterocycles. The second-order valence-corrected chi connectivity index (χ2v) is 6.81. The molecule has 0 radical (unpaired) electrons. The highest BCUT2D eigenvalue weighted by Crippen LogP contribution is 2.29. The van der Waals surface area contributed by atoms with E-state index in [0.29, 0.717) is 21.8 Å². The second-order valence-electron chi connectivity index (χ2n) is 5.75. The van der Waals surface area contributed by atoms with Gasteiger partial charge in [-0.05, 0) is 55.0 Å². The van der Waals surface area contributed by atoms with Crippen LogP contribution in [-0.4, -0.2) is 24.0 Å². The van der Waals surface area contributed by atoms with Crippen LogP contribution >= 0.6 is 11.8 Å². The summed E-state index contributed by atoms with van der Waals surface area (Å²) in [6, 6.07) is 18.2. The van der Waals surface area contributed by atoms with Crippen molar-refractivity contribution in [3.8, 4) is 0 Å². The van der Waals surface area contributed by atoms with Gasteiger partial charge in [-0.15, -0.1) is 0 Å². The first-order valence-corrected chi connectivity index (χ1v) is 9.08. The van der Waals surface area contributed by atoms with Crippen molar-refractivity contribution in [3.05, 3.63) is 83.6 Å². The van der Waals surface area contributed by atoms with Crippen molar-refractivity contribution in [2.75, 3.05) is 12.4 Å². The van der Waals surface area contributed by atoms with E-state index < -0.39 is 5.97 Å². The van der Waals surface area contributed by atoms with Crippen molar-refractivity contribution in [2.45, 2.75) is 16.8 Å². The van der Waals surface area contributed by atoms with Crippen molar-refractivity contribution in [2.24, 2.45) is 0 Å². The van der Waals surface area contributed by atoms with Gasteiger partial charge in [0.15, 0.2) is 0 Å². The molecule has 0 unspecified atom stereocenters. The third kappa shape index (κ3) is 4.54. The van der Waals surface area contributed by atoms with Gasteiger partial charge in [0.1, 0.15) is 5.03 Å². The van der Waals surface area contributed by atoms with E-state index in [1.165, 1.54) is 18.9 Å². The number of aryl methyl sites for hydroxylation is 1. The standard InChI is InChI=1S/C21H18N2O3S/c1-14-13-15(21(25)26-2)10-11-18(14)23-19(24)17-9-6-12-22-20(17)27-16-7-4-3-5-8-16/h3-13H,1-2H3,(H,23,24). The Bertz CT molecular complexity index is 974. The lowest BCUT2D eigenvalue weighted by Crippen LogP contribution is -2.14. The van der Waals surface area contributed by atoms with Crippen LogP contribution in [0.25, 0.3) is 0 Å². The number of pyridine rings is 1. The average Bonchev–Trinajstić information content (AvgIpc) is 2.70. The molecule has 3 rings (SSSR count). The van der Waals surface area contributed by atoms with Crippen LogP contribution in [0.1, 0.15) is 26.3 Å². The molecule has 1 N–H and O–H groups in total. The molecule has 5 nitrogen and oxygen atoms in total. The first-order valence-electron chi connectivity index (χ1n) is 8.26. The molecule has 0 aliphatic carbocycles. The van der Waals surface area contributed by atoms with Crippen molar-refractivity contribution >= 4 is 29.3 Å². The molecule has 1 amide bonds. The van der Waals surface area contributed by atoms with Crippen molar-refractivity contribution in [1.29, 1.82) is 0 Å². The molecule has 2 aromatic carbocycles. The predicted octanol–water partition coefficient (Wildman–Crippen LogP) is 4.58. The maximum Gasteiger partial charge on any atom is 0.337 e. The molecular weight excluding hydrogens is 360 g/mol. The van der Waals surface area contributed by atoms with Crippen molar-refractivity contribution in [3.63, 3.8) is 0 Å². The van der Waals surface area contributed by atoms with E-state index in [1.807, 2.05) is 37.3 Å². The lowest BCUT2D eigenvalue weighted by atomic mass is 10.1. The summed E-state index contributed by atoms with van der Waals surface area (Å²) in [5.74, 6) is -0.666. The van der Waals surface area contributed by atoms with Gasteiger partial charge >= 0.3 is 5.97 Å². The van der Waals surface area contributed by atoms with Gasteiger partial charge in [0.2, 0.25) is 0 Å². The largest absolute Gasteiger partial charge is 0.465 e. The van der Waals surface area contributed by atoms with E-state index in [0.717, 1.165) is 10.5 Å². The summed E-state index contributed by atoms with van der Waals surface area (Å²) in [5, 5.41) is 3.52. The molecule has 1 heterocycles. The number of benzene rings is 2. The number of hydrogen-bond donors (Lipinski definition) is 1. The Kier molecular flexibility index (Phi) is 5.88. The molecule has 0 bridgehead atoms. The number of ether oxygens (including phenoxy) is 1. The minimum atomic E-state index is -0.412. The van der Waals surface area contributed by atoms with E-state index in [2.05, 4.69) is 10.3 Å². The van der Waals surface area contributed by atoms with Crippen LogP contribution in [0, 0.1) is 6.92 Å². The number of rotatable bonds is 5. The normalized spacial score (nSPS) is 10.3. The summed E-state index contributed by atoms with van der Waals surface area (Å²) in [6.45, 7) is 1.82. The minimum absolute atomic E-state index is 0.254. The number of carbonyl (C=O) groups excluding carboxylic acids is 2. The predicted molar refractivity (Wildman–Crippen MR) is 105 cm³/mol. The van der Waals surface area contributed by atoms with Crippen LogP contribution in [-0.2, 0) is 4.74 Å². The Morgan fingerprint density at radius 3 is 2.52 bits per heavy atom. The van der Waals surface area contributed by atoms with E-state index in [9.17, 15) is 9.59 Å². The number of anilines is 1. The molecule has 0 fully saturated rings. The minimum Gasteiger partial charge on any atom is -0.465 e. The Morgan fingerprint density at radius 1 is 1.04 bits per heavy atom. The van der Waals surface area contributed by atoms with Gasteiger partial charge in [0, 0.05) is 16.8 Å². The Balaban J connectivity index is 1.82. The Morgan fingerprint density at radius 2 is 1.81 bits per heavy atom. The quantitative estimate of drug-likeness (QED) is 0.658. The zero-order valence-corrected chi connectivity index (χ0v) is 15.7. The topological polar surface area (TPSA) is 68.3 Å². The SMILES string of the molecule is COC(=O)c1ccc(NC(=O)c2cccnc2Sc2ccccc2)c(C)c1. The number of aromatic nitrogens is 1. The fourth-order valence-electron chi connectivity index (χ4n) is 2.48. The summed E-state index contributed by atoms with van der Waals surface area (Å²) in [4.78, 5) is 29.8. The zero-order valence-electron chi connectivity index (χ0n) is 14.9. The van der Waals surface area contributed by atoms with Crippen LogP contribution < -0.4 is 5.32 Å². The molecular formula is C21H18N2O3S. The van der Waals surface area contributed by atoms with Gasteiger partial charge in [-0.1, -0.05) is 30.0 Å². The molecule has 1 aromatic heterocycles. The molecule has 3 aromatic rings. The summed E-state index contributed by atoms with van der Waals surface area (Å²) >= 11 is 1.43. The molecule has 0 saturated carbocycles. The summed E-state index contributed by atoms with van der Waals surface area (Å²) in [7, 11) is 1.34.